The molecule has 1 aromatic carbocycles. The number of benzene rings is 1. The van der Waals surface area contributed by atoms with Crippen molar-refractivity contribution in [3.63, 3.8) is 0 Å². The standard InChI is InChI=1S/C14H24N2O/c1-5-15(2)11-8-12-16(3)13-9-6-7-10-14(13)17-4/h6-7,9-10H,5,8,11-12H2,1-4H3. The minimum atomic E-state index is 0.943. The van der Waals surface area contributed by atoms with Gasteiger partial charge in [0, 0.05) is 13.6 Å². The van der Waals surface area contributed by atoms with Crippen molar-refractivity contribution in [1.82, 2.24) is 4.90 Å². The normalized spacial score (nSPS) is 10.6. The first-order valence-corrected chi connectivity index (χ1v) is 6.21. The van der Waals surface area contributed by atoms with Crippen LogP contribution in [0.3, 0.4) is 0 Å². The van der Waals surface area contributed by atoms with Gasteiger partial charge in [-0.3, -0.25) is 0 Å². The van der Waals surface area contributed by atoms with Crippen LogP contribution >= 0.6 is 0 Å². The van der Waals surface area contributed by atoms with Gasteiger partial charge in [-0.15, -0.1) is 0 Å². The van der Waals surface area contributed by atoms with E-state index in [9.17, 15) is 0 Å². The van der Waals surface area contributed by atoms with Crippen molar-refractivity contribution >= 4 is 5.69 Å². The SMILES string of the molecule is CCN(C)CCCN(C)c1ccccc1OC. The Balaban J connectivity index is 2.49. The number of anilines is 1. The van der Waals surface area contributed by atoms with Crippen molar-refractivity contribution in [2.45, 2.75) is 13.3 Å². The smallest absolute Gasteiger partial charge is 0.142 e. The zero-order valence-electron chi connectivity index (χ0n) is 11.4. The molecule has 0 atom stereocenters. The Labute approximate surface area is 105 Å². The van der Waals surface area contributed by atoms with Crippen molar-refractivity contribution in [3.8, 4) is 5.75 Å². The van der Waals surface area contributed by atoms with Gasteiger partial charge in [0.15, 0.2) is 0 Å². The molecule has 0 fully saturated rings. The predicted molar refractivity (Wildman–Crippen MR) is 74.1 cm³/mol. The number of rotatable bonds is 7. The van der Waals surface area contributed by atoms with E-state index in [0.717, 1.165) is 31.1 Å². The Morgan fingerprint density at radius 2 is 1.82 bits per heavy atom. The number of hydrogen-bond acceptors (Lipinski definition) is 3. The van der Waals surface area contributed by atoms with Crippen molar-refractivity contribution in [3.05, 3.63) is 24.3 Å². The minimum absolute atomic E-state index is 0.943. The molecule has 96 valence electrons. The lowest BCUT2D eigenvalue weighted by molar-refractivity contribution is 0.348. The van der Waals surface area contributed by atoms with Crippen molar-refractivity contribution < 1.29 is 4.74 Å². The van der Waals surface area contributed by atoms with Crippen molar-refractivity contribution in [2.75, 3.05) is 45.7 Å². The van der Waals surface area contributed by atoms with Crippen LogP contribution in [0.1, 0.15) is 13.3 Å². The first-order valence-electron chi connectivity index (χ1n) is 6.21. The number of para-hydroxylation sites is 2. The van der Waals surface area contributed by atoms with Gasteiger partial charge >= 0.3 is 0 Å². The number of hydrogen-bond donors (Lipinski definition) is 0. The second-order valence-corrected chi connectivity index (χ2v) is 4.34. The summed E-state index contributed by atoms with van der Waals surface area (Å²) in [5.41, 5.74) is 1.16. The van der Waals surface area contributed by atoms with Gasteiger partial charge in [-0.05, 0) is 38.7 Å². The largest absolute Gasteiger partial charge is 0.495 e. The van der Waals surface area contributed by atoms with Gasteiger partial charge in [-0.2, -0.15) is 0 Å². The summed E-state index contributed by atoms with van der Waals surface area (Å²) in [6, 6.07) is 8.15. The highest BCUT2D eigenvalue weighted by Crippen LogP contribution is 2.26. The molecule has 0 radical (unpaired) electrons. The van der Waals surface area contributed by atoms with Crippen LogP contribution in [0.25, 0.3) is 0 Å². The quantitative estimate of drug-likeness (QED) is 0.723. The van der Waals surface area contributed by atoms with Crippen LogP contribution < -0.4 is 9.64 Å². The molecule has 0 aliphatic heterocycles. The molecule has 3 heteroatoms. The van der Waals surface area contributed by atoms with Gasteiger partial charge in [0.2, 0.25) is 0 Å². The van der Waals surface area contributed by atoms with E-state index in [1.54, 1.807) is 7.11 Å². The maximum absolute atomic E-state index is 5.36. The fraction of sp³-hybridized carbons (Fsp3) is 0.571. The van der Waals surface area contributed by atoms with E-state index in [0.29, 0.717) is 0 Å². The van der Waals surface area contributed by atoms with Crippen molar-refractivity contribution in [1.29, 1.82) is 0 Å². The van der Waals surface area contributed by atoms with E-state index >= 15 is 0 Å². The highest BCUT2D eigenvalue weighted by molar-refractivity contribution is 5.57. The fourth-order valence-corrected chi connectivity index (χ4v) is 1.80. The molecule has 1 aromatic rings. The molecule has 0 aliphatic carbocycles. The molecule has 0 saturated carbocycles. The molecule has 0 heterocycles. The summed E-state index contributed by atoms with van der Waals surface area (Å²) in [7, 11) is 5.99. The molecule has 1 rings (SSSR count). The predicted octanol–water partition coefficient (Wildman–Crippen LogP) is 2.47. The summed E-state index contributed by atoms with van der Waals surface area (Å²) in [4.78, 5) is 4.58. The molecule has 0 unspecified atom stereocenters. The van der Waals surface area contributed by atoms with Crippen LogP contribution in [-0.4, -0.2) is 45.7 Å². The van der Waals surface area contributed by atoms with Gasteiger partial charge in [0.05, 0.1) is 12.8 Å². The molecule has 0 N–H and O–H groups in total. The molecular formula is C14H24N2O. The van der Waals surface area contributed by atoms with E-state index in [1.165, 1.54) is 6.42 Å². The van der Waals surface area contributed by atoms with E-state index < -0.39 is 0 Å². The molecule has 0 saturated heterocycles. The molecule has 0 spiro atoms. The monoisotopic (exact) mass is 236 g/mol. The Hall–Kier alpha value is -1.22. The van der Waals surface area contributed by atoms with E-state index in [1.807, 2.05) is 18.2 Å². The average molecular weight is 236 g/mol. The summed E-state index contributed by atoms with van der Waals surface area (Å²) in [6.45, 7) is 5.48. The van der Waals surface area contributed by atoms with Gasteiger partial charge in [-0.1, -0.05) is 19.1 Å². The average Bonchev–Trinajstić information content (AvgIpc) is 2.38. The summed E-state index contributed by atoms with van der Waals surface area (Å²) in [6.07, 6.45) is 1.17. The van der Waals surface area contributed by atoms with Crippen LogP contribution in [0.5, 0.6) is 5.75 Å². The summed E-state index contributed by atoms with van der Waals surface area (Å²) in [5, 5.41) is 0. The molecule has 0 amide bonds. The van der Waals surface area contributed by atoms with Crippen molar-refractivity contribution in [2.24, 2.45) is 0 Å². The van der Waals surface area contributed by atoms with Crippen LogP contribution in [0, 0.1) is 0 Å². The highest BCUT2D eigenvalue weighted by atomic mass is 16.5. The first kappa shape index (κ1) is 13.8. The highest BCUT2D eigenvalue weighted by Gasteiger charge is 2.06. The maximum atomic E-state index is 5.36. The third kappa shape index (κ3) is 4.27. The second kappa shape index (κ2) is 7.17. The zero-order valence-corrected chi connectivity index (χ0v) is 11.4. The van der Waals surface area contributed by atoms with E-state index in [-0.39, 0.29) is 0 Å². The second-order valence-electron chi connectivity index (χ2n) is 4.34. The van der Waals surface area contributed by atoms with Crippen LogP contribution in [-0.2, 0) is 0 Å². The fourth-order valence-electron chi connectivity index (χ4n) is 1.80. The van der Waals surface area contributed by atoms with Crippen LogP contribution in [0.2, 0.25) is 0 Å². The third-order valence-corrected chi connectivity index (χ3v) is 3.07. The topological polar surface area (TPSA) is 15.7 Å². The number of ether oxygens (including phenoxy) is 1. The zero-order chi connectivity index (χ0) is 12.7. The third-order valence-electron chi connectivity index (χ3n) is 3.07. The Kier molecular flexibility index (Phi) is 5.84. The van der Waals surface area contributed by atoms with Gasteiger partial charge in [0.25, 0.3) is 0 Å². The molecule has 3 nitrogen and oxygen atoms in total. The summed E-state index contributed by atoms with van der Waals surface area (Å²) in [5.74, 6) is 0.943. The van der Waals surface area contributed by atoms with E-state index in [4.69, 9.17) is 4.74 Å². The Morgan fingerprint density at radius 1 is 1.12 bits per heavy atom. The molecule has 0 aromatic heterocycles. The van der Waals surface area contributed by atoms with Crippen LogP contribution in [0.4, 0.5) is 5.69 Å². The number of methoxy groups -OCH3 is 1. The number of nitrogens with zero attached hydrogens (tertiary/aromatic N) is 2. The lowest BCUT2D eigenvalue weighted by Crippen LogP contribution is -2.25. The van der Waals surface area contributed by atoms with Gasteiger partial charge in [0.1, 0.15) is 5.75 Å². The Bertz CT molecular complexity index is 328. The Morgan fingerprint density at radius 3 is 2.47 bits per heavy atom. The van der Waals surface area contributed by atoms with Gasteiger partial charge < -0.3 is 14.5 Å². The maximum Gasteiger partial charge on any atom is 0.142 e. The summed E-state index contributed by atoms with van der Waals surface area (Å²) < 4.78 is 5.36. The molecule has 17 heavy (non-hydrogen) atoms. The molecule has 0 aliphatic rings. The first-order chi connectivity index (χ1) is 8.19. The van der Waals surface area contributed by atoms with Gasteiger partial charge in [-0.25, -0.2) is 0 Å². The lowest BCUT2D eigenvalue weighted by Gasteiger charge is -2.23. The summed E-state index contributed by atoms with van der Waals surface area (Å²) >= 11 is 0. The molecular weight excluding hydrogens is 212 g/mol. The minimum Gasteiger partial charge on any atom is -0.495 e. The van der Waals surface area contributed by atoms with Crippen LogP contribution in [0.15, 0.2) is 24.3 Å². The lowest BCUT2D eigenvalue weighted by atomic mass is 10.2. The van der Waals surface area contributed by atoms with E-state index in [2.05, 4.69) is 36.9 Å². The molecule has 0 bridgehead atoms.